The van der Waals surface area contributed by atoms with Crippen LogP contribution in [-0.4, -0.2) is 19.5 Å². The van der Waals surface area contributed by atoms with E-state index in [-0.39, 0.29) is 5.92 Å². The Morgan fingerprint density at radius 1 is 0.477 bits per heavy atom. The molecule has 0 spiro atoms. The molecular weight excluding hydrogens is 793 g/mol. The van der Waals surface area contributed by atoms with E-state index >= 15 is 0 Å². The number of fused-ring (bicyclic) bond motifs is 3. The maximum atomic E-state index is 7.94. The smallest absolute Gasteiger partial charge is 0.188 e. The highest BCUT2D eigenvalue weighted by Crippen LogP contribution is 2.45. The molecule has 0 aliphatic heterocycles. The summed E-state index contributed by atoms with van der Waals surface area (Å²) in [7, 11) is 0. The fourth-order valence-corrected chi connectivity index (χ4v) is 9.19. The Labute approximate surface area is 378 Å². The number of hydrogen-bond acceptors (Lipinski definition) is 3. The molecule has 2 aliphatic rings. The van der Waals surface area contributed by atoms with Crippen LogP contribution in [-0.2, 0) is 0 Å². The molecule has 9 aromatic rings. The Hall–Kier alpha value is -8.71. The molecule has 1 unspecified atom stereocenters. The lowest BCUT2D eigenvalue weighted by atomic mass is 9.85. The number of rotatable bonds is 8. The Balaban J connectivity index is 1.22. The van der Waals surface area contributed by atoms with Crippen LogP contribution in [0.4, 0.5) is 11.4 Å². The van der Waals surface area contributed by atoms with E-state index in [1.165, 1.54) is 5.56 Å². The van der Waals surface area contributed by atoms with Gasteiger partial charge in [0, 0.05) is 33.7 Å². The number of hydrogen-bond donors (Lipinski definition) is 0. The third kappa shape index (κ3) is 7.44. The molecule has 0 saturated carbocycles. The van der Waals surface area contributed by atoms with Gasteiger partial charge in [-0.3, -0.25) is 0 Å². The van der Waals surface area contributed by atoms with Gasteiger partial charge >= 0.3 is 0 Å². The third-order valence-corrected chi connectivity index (χ3v) is 12.4. The minimum atomic E-state index is 0.236. The van der Waals surface area contributed by atoms with Crippen LogP contribution in [0.5, 0.6) is 0 Å². The van der Waals surface area contributed by atoms with E-state index in [0.29, 0.717) is 28.8 Å². The Kier molecular flexibility index (Phi) is 10.2. The summed E-state index contributed by atoms with van der Waals surface area (Å²) in [5.41, 5.74) is 14.4. The zero-order valence-corrected chi connectivity index (χ0v) is 35.4. The molecular formula is C59H40N6. The summed E-state index contributed by atoms with van der Waals surface area (Å²) in [4.78, 5) is 23.2. The van der Waals surface area contributed by atoms with Gasteiger partial charge in [-0.15, -0.1) is 0 Å². The molecule has 6 heteroatoms. The number of benzene rings is 7. The zero-order valence-electron chi connectivity index (χ0n) is 35.4. The van der Waals surface area contributed by atoms with Gasteiger partial charge in [0.2, 0.25) is 0 Å². The molecule has 2 aromatic heterocycles. The van der Waals surface area contributed by atoms with Crippen LogP contribution in [0.1, 0.15) is 42.1 Å². The van der Waals surface area contributed by atoms with E-state index in [1.807, 2.05) is 72.8 Å². The number of nitrogens with zero attached hydrogens (tertiary/aromatic N) is 6. The van der Waals surface area contributed by atoms with E-state index in [2.05, 4.69) is 142 Å². The van der Waals surface area contributed by atoms with Crippen molar-refractivity contribution in [1.82, 2.24) is 19.5 Å². The van der Waals surface area contributed by atoms with E-state index in [1.54, 1.807) is 0 Å². The summed E-state index contributed by atoms with van der Waals surface area (Å²) >= 11 is 0. The Morgan fingerprint density at radius 2 is 1.05 bits per heavy atom. The molecule has 65 heavy (non-hydrogen) atoms. The maximum Gasteiger partial charge on any atom is 0.188 e. The summed E-state index contributed by atoms with van der Waals surface area (Å²) in [6.07, 6.45) is 16.2. The first-order chi connectivity index (χ1) is 32.1. The standard InChI is InChI=1S/C59H40N6/c1-60-48-31-33-54-52(37-48)53-38-49(61-2)32-34-55(53)65(54)56-50(43-27-23-41(24-28-43)39-15-7-3-8-16-39)35-47(36-51(56)44-29-25-42(26-30-44)40-17-9-4-10-18-40)59-63-57(45-19-11-5-12-20-45)62-58(64-59)46-21-13-6-14-22-46/h3-5,7-13,15-25,27-38,42H,6,14,26H2. The van der Waals surface area contributed by atoms with Crippen LogP contribution >= 0.6 is 0 Å². The lowest BCUT2D eigenvalue weighted by Gasteiger charge is -2.24. The highest BCUT2D eigenvalue weighted by molar-refractivity contribution is 6.12. The minimum Gasteiger partial charge on any atom is -0.308 e. The van der Waals surface area contributed by atoms with Crippen molar-refractivity contribution in [2.24, 2.45) is 0 Å². The van der Waals surface area contributed by atoms with Crippen LogP contribution in [0.25, 0.3) is 93.4 Å². The summed E-state index contributed by atoms with van der Waals surface area (Å²) in [6.45, 7) is 15.9. The van der Waals surface area contributed by atoms with E-state index in [9.17, 15) is 0 Å². The van der Waals surface area contributed by atoms with E-state index in [0.717, 1.165) is 96.8 Å². The molecule has 6 nitrogen and oxygen atoms in total. The van der Waals surface area contributed by atoms with Gasteiger partial charge in [-0.05, 0) is 94.3 Å². The highest BCUT2D eigenvalue weighted by Gasteiger charge is 2.25. The van der Waals surface area contributed by atoms with Gasteiger partial charge in [0.15, 0.2) is 28.8 Å². The molecule has 2 heterocycles. The van der Waals surface area contributed by atoms with Gasteiger partial charge in [0.1, 0.15) is 0 Å². The molecule has 0 bridgehead atoms. The Bertz CT molecular complexity index is 3440. The van der Waals surface area contributed by atoms with E-state index < -0.39 is 0 Å². The summed E-state index contributed by atoms with van der Waals surface area (Å²) in [6, 6.07) is 56.3. The molecule has 11 rings (SSSR count). The Morgan fingerprint density at radius 3 is 1.65 bits per heavy atom. The monoisotopic (exact) mass is 832 g/mol. The van der Waals surface area contributed by atoms with Crippen molar-refractivity contribution in [3.63, 3.8) is 0 Å². The van der Waals surface area contributed by atoms with Gasteiger partial charge in [-0.25, -0.2) is 24.6 Å². The summed E-state index contributed by atoms with van der Waals surface area (Å²) in [5, 5.41) is 1.83. The fraction of sp³-hybridized carbons (Fsp3) is 0.0678. The molecule has 1 atom stereocenters. The van der Waals surface area contributed by atoms with Crippen molar-refractivity contribution in [2.45, 2.75) is 25.2 Å². The molecule has 7 aromatic carbocycles. The predicted octanol–water partition coefficient (Wildman–Crippen LogP) is 15.6. The average molecular weight is 833 g/mol. The summed E-state index contributed by atoms with van der Waals surface area (Å²) < 4.78 is 2.33. The topological polar surface area (TPSA) is 52.3 Å². The first kappa shape index (κ1) is 39.2. The quantitative estimate of drug-likeness (QED) is 0.143. The molecule has 0 radical (unpaired) electrons. The molecule has 2 aliphatic carbocycles. The first-order valence-electron chi connectivity index (χ1n) is 21.9. The molecule has 0 N–H and O–H groups in total. The lowest BCUT2D eigenvalue weighted by Crippen LogP contribution is -2.07. The molecule has 306 valence electrons. The third-order valence-electron chi connectivity index (χ3n) is 12.4. The van der Waals surface area contributed by atoms with E-state index in [4.69, 9.17) is 28.1 Å². The van der Waals surface area contributed by atoms with Gasteiger partial charge in [-0.2, -0.15) is 0 Å². The van der Waals surface area contributed by atoms with Gasteiger partial charge in [0.05, 0.1) is 29.9 Å². The number of allylic oxidation sites excluding steroid dienone is 8. The fourth-order valence-electron chi connectivity index (χ4n) is 9.19. The minimum absolute atomic E-state index is 0.236. The van der Waals surface area contributed by atoms with Crippen LogP contribution in [0, 0.1) is 13.1 Å². The first-order valence-corrected chi connectivity index (χ1v) is 21.9. The van der Waals surface area contributed by atoms with Gasteiger partial charge < -0.3 is 4.57 Å². The molecule has 0 amide bonds. The van der Waals surface area contributed by atoms with Crippen molar-refractivity contribution in [3.05, 3.63) is 240 Å². The zero-order chi connectivity index (χ0) is 43.7. The molecule has 0 saturated heterocycles. The van der Waals surface area contributed by atoms with Crippen molar-refractivity contribution in [1.29, 1.82) is 0 Å². The lowest BCUT2D eigenvalue weighted by molar-refractivity contribution is 0.856. The van der Waals surface area contributed by atoms with Crippen molar-refractivity contribution >= 4 is 44.3 Å². The van der Waals surface area contributed by atoms with Crippen LogP contribution in [0.2, 0.25) is 0 Å². The van der Waals surface area contributed by atoms with Gasteiger partial charge in [0.25, 0.3) is 0 Å². The largest absolute Gasteiger partial charge is 0.308 e. The van der Waals surface area contributed by atoms with Crippen molar-refractivity contribution in [2.75, 3.05) is 0 Å². The second-order valence-electron chi connectivity index (χ2n) is 16.4. The average Bonchev–Trinajstić information content (AvgIpc) is 3.71. The van der Waals surface area contributed by atoms with Gasteiger partial charge in [-0.1, -0.05) is 164 Å². The summed E-state index contributed by atoms with van der Waals surface area (Å²) in [5.74, 6) is 2.07. The van der Waals surface area contributed by atoms with Crippen molar-refractivity contribution in [3.8, 4) is 50.7 Å². The predicted molar refractivity (Wildman–Crippen MR) is 266 cm³/mol. The SMILES string of the molecule is [C-]#[N+]c1ccc2c(c1)c1cc([N+]#[C-])ccc1n2-c1c(C2=CCC(c3ccccc3)C=C2)cc(-c2nc(C3=CCCC=C3)nc(-c3ccccc3)n2)cc1-c1ccc(-c2ccccc2)cc1. The second-order valence-corrected chi connectivity index (χ2v) is 16.4. The van der Waals surface area contributed by atoms with Crippen molar-refractivity contribution < 1.29 is 0 Å². The molecule has 0 fully saturated rings. The van der Waals surface area contributed by atoms with Crippen LogP contribution in [0.3, 0.4) is 0 Å². The number of aromatic nitrogens is 4. The normalized spacial score (nSPS) is 14.5. The highest BCUT2D eigenvalue weighted by atomic mass is 15.0. The van der Waals surface area contributed by atoms with Crippen LogP contribution < -0.4 is 0 Å². The maximum absolute atomic E-state index is 7.94. The second kappa shape index (κ2) is 16.9. The van der Waals surface area contributed by atoms with Crippen LogP contribution in [0.15, 0.2) is 200 Å².